The van der Waals surface area contributed by atoms with E-state index in [-0.39, 0.29) is 5.92 Å². The zero-order valence-electron chi connectivity index (χ0n) is 12.4. The Morgan fingerprint density at radius 1 is 1.15 bits per heavy atom. The van der Waals surface area contributed by atoms with E-state index in [0.717, 1.165) is 31.8 Å². The second-order valence-corrected chi connectivity index (χ2v) is 6.58. The molecular formula is C18H25NO. The summed E-state index contributed by atoms with van der Waals surface area (Å²) >= 11 is 0. The summed E-state index contributed by atoms with van der Waals surface area (Å²) in [6.45, 7) is 4.05. The van der Waals surface area contributed by atoms with Crippen molar-refractivity contribution in [3.63, 3.8) is 0 Å². The van der Waals surface area contributed by atoms with Crippen LogP contribution in [0.4, 0.5) is 0 Å². The van der Waals surface area contributed by atoms with Gasteiger partial charge in [0.15, 0.2) is 0 Å². The largest absolute Gasteiger partial charge is 0.342 e. The fourth-order valence-electron chi connectivity index (χ4n) is 3.39. The van der Waals surface area contributed by atoms with Crippen LogP contribution in [-0.2, 0) is 11.2 Å². The molecule has 0 spiro atoms. The van der Waals surface area contributed by atoms with E-state index >= 15 is 0 Å². The van der Waals surface area contributed by atoms with Crippen molar-refractivity contribution in [2.45, 2.75) is 39.0 Å². The maximum absolute atomic E-state index is 12.4. The van der Waals surface area contributed by atoms with Crippen molar-refractivity contribution in [1.29, 1.82) is 0 Å². The van der Waals surface area contributed by atoms with Gasteiger partial charge in [0.2, 0.25) is 5.91 Å². The molecule has 1 amide bonds. The lowest BCUT2D eigenvalue weighted by Crippen LogP contribution is -2.42. The van der Waals surface area contributed by atoms with Gasteiger partial charge in [-0.1, -0.05) is 37.3 Å². The summed E-state index contributed by atoms with van der Waals surface area (Å²) in [5.41, 5.74) is 1.43. The van der Waals surface area contributed by atoms with E-state index in [4.69, 9.17) is 0 Å². The van der Waals surface area contributed by atoms with Gasteiger partial charge in [0.1, 0.15) is 0 Å². The Labute approximate surface area is 122 Å². The summed E-state index contributed by atoms with van der Waals surface area (Å²) in [5.74, 6) is 2.11. The van der Waals surface area contributed by atoms with Crippen LogP contribution in [0.1, 0.15) is 38.2 Å². The second-order valence-electron chi connectivity index (χ2n) is 6.58. The normalized spacial score (nSPS) is 21.8. The van der Waals surface area contributed by atoms with Crippen molar-refractivity contribution in [2.24, 2.45) is 17.8 Å². The number of hydrogen-bond acceptors (Lipinski definition) is 1. The van der Waals surface area contributed by atoms with E-state index in [9.17, 15) is 4.79 Å². The molecular weight excluding hydrogens is 246 g/mol. The molecule has 1 saturated carbocycles. The molecule has 2 nitrogen and oxygen atoms in total. The van der Waals surface area contributed by atoms with Crippen LogP contribution in [0.5, 0.6) is 0 Å². The van der Waals surface area contributed by atoms with Gasteiger partial charge in [0, 0.05) is 19.0 Å². The summed E-state index contributed by atoms with van der Waals surface area (Å²) in [7, 11) is 0. The Bertz CT molecular complexity index is 444. The lowest BCUT2D eigenvalue weighted by atomic mass is 9.89. The fraction of sp³-hybridized carbons (Fsp3) is 0.611. The van der Waals surface area contributed by atoms with Gasteiger partial charge in [0.05, 0.1) is 0 Å². The Morgan fingerprint density at radius 2 is 1.80 bits per heavy atom. The molecule has 1 aromatic carbocycles. The lowest BCUT2D eigenvalue weighted by molar-refractivity contribution is -0.137. The van der Waals surface area contributed by atoms with Gasteiger partial charge in [0.25, 0.3) is 0 Å². The first kappa shape index (κ1) is 13.7. The topological polar surface area (TPSA) is 20.3 Å². The summed E-state index contributed by atoms with van der Waals surface area (Å²) < 4.78 is 0. The van der Waals surface area contributed by atoms with Crippen LogP contribution in [-0.4, -0.2) is 23.9 Å². The molecule has 1 aliphatic heterocycles. The highest BCUT2D eigenvalue weighted by Gasteiger charge is 2.35. The minimum atomic E-state index is 0.265. The number of amides is 1. The Kier molecular flexibility index (Phi) is 4.09. The summed E-state index contributed by atoms with van der Waals surface area (Å²) in [6, 6.07) is 10.7. The molecule has 0 radical (unpaired) electrons. The highest BCUT2D eigenvalue weighted by atomic mass is 16.2. The molecule has 1 heterocycles. The zero-order valence-corrected chi connectivity index (χ0v) is 12.4. The van der Waals surface area contributed by atoms with Crippen molar-refractivity contribution in [3.05, 3.63) is 35.9 Å². The minimum absolute atomic E-state index is 0.265. The van der Waals surface area contributed by atoms with Crippen molar-refractivity contribution >= 4 is 5.91 Å². The summed E-state index contributed by atoms with van der Waals surface area (Å²) in [4.78, 5) is 14.5. The first-order valence-electron chi connectivity index (χ1n) is 8.07. The number of carbonyl (C=O) groups is 1. The lowest BCUT2D eigenvalue weighted by Gasteiger charge is -2.33. The molecule has 0 bridgehead atoms. The molecule has 1 aliphatic carbocycles. The quantitative estimate of drug-likeness (QED) is 0.820. The van der Waals surface area contributed by atoms with E-state index < -0.39 is 0 Å². The highest BCUT2D eigenvalue weighted by Crippen LogP contribution is 2.38. The van der Waals surface area contributed by atoms with E-state index in [1.165, 1.54) is 24.8 Å². The SMILES string of the molecule is CC(C(=O)N1CCC(Cc2ccccc2)CC1)C1CC1. The van der Waals surface area contributed by atoms with Crippen molar-refractivity contribution in [3.8, 4) is 0 Å². The number of rotatable bonds is 4. The van der Waals surface area contributed by atoms with Crippen LogP contribution in [0.25, 0.3) is 0 Å². The number of hydrogen-bond donors (Lipinski definition) is 0. The maximum atomic E-state index is 12.4. The van der Waals surface area contributed by atoms with E-state index in [1.807, 2.05) is 0 Å². The standard InChI is InChI=1S/C18H25NO/c1-14(17-7-8-17)18(20)19-11-9-16(10-12-19)13-15-5-3-2-4-6-15/h2-6,14,16-17H,7-13H2,1H3. The highest BCUT2D eigenvalue weighted by molar-refractivity contribution is 5.79. The smallest absolute Gasteiger partial charge is 0.225 e. The monoisotopic (exact) mass is 271 g/mol. The second kappa shape index (κ2) is 5.99. The average molecular weight is 271 g/mol. The molecule has 1 unspecified atom stereocenters. The first-order chi connectivity index (χ1) is 9.74. The van der Waals surface area contributed by atoms with Crippen LogP contribution in [0.2, 0.25) is 0 Å². The predicted molar refractivity (Wildman–Crippen MR) is 81.3 cm³/mol. The molecule has 1 aromatic rings. The number of nitrogens with zero attached hydrogens (tertiary/aromatic N) is 1. The van der Waals surface area contributed by atoms with Crippen LogP contribution in [0.3, 0.4) is 0 Å². The van der Waals surface area contributed by atoms with Crippen LogP contribution >= 0.6 is 0 Å². The molecule has 3 rings (SSSR count). The van der Waals surface area contributed by atoms with Crippen molar-refractivity contribution in [2.75, 3.05) is 13.1 Å². The summed E-state index contributed by atoms with van der Waals surface area (Å²) in [6.07, 6.45) is 6.02. The number of carbonyl (C=O) groups excluding carboxylic acids is 1. The molecule has 108 valence electrons. The summed E-state index contributed by atoms with van der Waals surface area (Å²) in [5, 5.41) is 0. The third kappa shape index (κ3) is 3.23. The predicted octanol–water partition coefficient (Wildman–Crippen LogP) is 3.51. The van der Waals surface area contributed by atoms with E-state index in [2.05, 4.69) is 42.2 Å². The van der Waals surface area contributed by atoms with Gasteiger partial charge in [-0.3, -0.25) is 4.79 Å². The maximum Gasteiger partial charge on any atom is 0.225 e. The van der Waals surface area contributed by atoms with Gasteiger partial charge in [-0.25, -0.2) is 0 Å². The minimum Gasteiger partial charge on any atom is -0.342 e. The number of piperidine rings is 1. The number of likely N-dealkylation sites (tertiary alicyclic amines) is 1. The van der Waals surface area contributed by atoms with Crippen LogP contribution < -0.4 is 0 Å². The average Bonchev–Trinajstić information content (AvgIpc) is 3.32. The van der Waals surface area contributed by atoms with Crippen molar-refractivity contribution in [1.82, 2.24) is 4.90 Å². The molecule has 2 fully saturated rings. The number of benzene rings is 1. The molecule has 1 atom stereocenters. The molecule has 2 heteroatoms. The van der Waals surface area contributed by atoms with Gasteiger partial charge in [-0.2, -0.15) is 0 Å². The van der Waals surface area contributed by atoms with Gasteiger partial charge >= 0.3 is 0 Å². The van der Waals surface area contributed by atoms with Crippen LogP contribution in [0, 0.1) is 17.8 Å². The molecule has 0 aromatic heterocycles. The van der Waals surface area contributed by atoms with E-state index in [0.29, 0.717) is 11.8 Å². The molecule has 2 aliphatic rings. The Hall–Kier alpha value is -1.31. The molecule has 0 N–H and O–H groups in total. The van der Waals surface area contributed by atoms with Crippen LogP contribution in [0.15, 0.2) is 30.3 Å². The third-order valence-electron chi connectivity index (χ3n) is 5.01. The van der Waals surface area contributed by atoms with Crippen molar-refractivity contribution < 1.29 is 4.79 Å². The molecule has 1 saturated heterocycles. The Morgan fingerprint density at radius 3 is 2.40 bits per heavy atom. The van der Waals surface area contributed by atoms with Gasteiger partial charge in [-0.15, -0.1) is 0 Å². The fourth-order valence-corrected chi connectivity index (χ4v) is 3.39. The first-order valence-corrected chi connectivity index (χ1v) is 8.07. The van der Waals surface area contributed by atoms with Gasteiger partial charge in [-0.05, 0) is 49.5 Å². The van der Waals surface area contributed by atoms with E-state index in [1.54, 1.807) is 0 Å². The van der Waals surface area contributed by atoms with Gasteiger partial charge < -0.3 is 4.90 Å². The zero-order chi connectivity index (χ0) is 13.9. The molecule has 20 heavy (non-hydrogen) atoms. The Balaban J connectivity index is 1.48. The third-order valence-corrected chi connectivity index (χ3v) is 5.01.